The number of aryl methyl sites for hydroxylation is 1. The van der Waals surface area contributed by atoms with Crippen molar-refractivity contribution in [1.29, 1.82) is 0 Å². The quantitative estimate of drug-likeness (QED) is 0.419. The molecular weight excluding hydrogens is 405 g/mol. The van der Waals surface area contributed by atoms with Crippen LogP contribution < -0.4 is 0 Å². The van der Waals surface area contributed by atoms with E-state index in [0.717, 1.165) is 39.1 Å². The number of benzene rings is 2. The van der Waals surface area contributed by atoms with Gasteiger partial charge in [0, 0.05) is 29.8 Å². The molecule has 0 saturated carbocycles. The summed E-state index contributed by atoms with van der Waals surface area (Å²) in [5.74, 6) is 1.29. The van der Waals surface area contributed by atoms with Crippen LogP contribution in [0.4, 0.5) is 4.39 Å². The average Bonchev–Trinajstić information content (AvgIpc) is 3.50. The minimum absolute atomic E-state index is 0.274. The van der Waals surface area contributed by atoms with E-state index in [4.69, 9.17) is 4.98 Å². The van der Waals surface area contributed by atoms with E-state index in [9.17, 15) is 4.39 Å². The molecule has 0 aliphatic heterocycles. The molecule has 6 rings (SSSR count). The van der Waals surface area contributed by atoms with E-state index < -0.39 is 0 Å². The molecule has 0 amide bonds. The third-order valence-corrected chi connectivity index (χ3v) is 5.84. The average molecular weight is 423 g/mol. The van der Waals surface area contributed by atoms with Gasteiger partial charge in [-0.25, -0.2) is 19.3 Å². The monoisotopic (exact) mass is 423 g/mol. The lowest BCUT2D eigenvalue weighted by atomic mass is 10.1. The van der Waals surface area contributed by atoms with Crippen molar-refractivity contribution in [1.82, 2.24) is 34.7 Å². The second-order valence-corrected chi connectivity index (χ2v) is 7.73. The third-order valence-electron chi connectivity index (χ3n) is 5.84. The fourth-order valence-electron chi connectivity index (χ4n) is 4.01. The first-order valence-corrected chi connectivity index (χ1v) is 10.2. The van der Waals surface area contributed by atoms with E-state index >= 15 is 0 Å². The topological polar surface area (TPSA) is 88.1 Å². The van der Waals surface area contributed by atoms with Crippen molar-refractivity contribution in [2.45, 2.75) is 6.92 Å². The van der Waals surface area contributed by atoms with E-state index in [1.165, 1.54) is 12.1 Å². The van der Waals surface area contributed by atoms with Crippen molar-refractivity contribution in [3.8, 4) is 33.9 Å². The Bertz CT molecular complexity index is 1610. The maximum absolute atomic E-state index is 13.4. The second-order valence-electron chi connectivity index (χ2n) is 7.73. The van der Waals surface area contributed by atoms with Crippen LogP contribution >= 0.6 is 0 Å². The zero-order valence-electron chi connectivity index (χ0n) is 17.4. The van der Waals surface area contributed by atoms with Gasteiger partial charge in [0.05, 0.1) is 17.4 Å². The van der Waals surface area contributed by atoms with Gasteiger partial charge in [-0.2, -0.15) is 5.10 Å². The Kier molecular flexibility index (Phi) is 3.94. The first kappa shape index (κ1) is 18.4. The lowest BCUT2D eigenvalue weighted by Gasteiger charge is -2.04. The summed E-state index contributed by atoms with van der Waals surface area (Å²) in [6.07, 6.45) is 3.59. The largest absolute Gasteiger partial charge is 0.331 e. The minimum atomic E-state index is -0.274. The number of aromatic nitrogens is 7. The third kappa shape index (κ3) is 2.80. The van der Waals surface area contributed by atoms with Crippen LogP contribution in [0.3, 0.4) is 0 Å². The number of H-pyrrole nitrogens is 2. The van der Waals surface area contributed by atoms with E-state index in [1.807, 2.05) is 38.4 Å². The second kappa shape index (κ2) is 6.84. The predicted octanol–water partition coefficient (Wildman–Crippen LogP) is 5.02. The Hall–Kier alpha value is -4.33. The summed E-state index contributed by atoms with van der Waals surface area (Å²) in [4.78, 5) is 16.9. The van der Waals surface area contributed by atoms with Gasteiger partial charge in [-0.3, -0.25) is 5.10 Å². The van der Waals surface area contributed by atoms with E-state index in [0.29, 0.717) is 22.7 Å². The van der Waals surface area contributed by atoms with Crippen LogP contribution in [0.25, 0.3) is 56.0 Å². The van der Waals surface area contributed by atoms with Gasteiger partial charge in [0.25, 0.3) is 0 Å². The SMILES string of the molecule is Cc1ncc(-c2ccc3[nH]nc(-c4nc5c(-c6ccc(F)cc6)ccnc5[nH]4)c3c2)n1C. The Morgan fingerprint density at radius 1 is 0.969 bits per heavy atom. The van der Waals surface area contributed by atoms with Crippen LogP contribution in [0, 0.1) is 12.7 Å². The molecule has 2 aromatic carbocycles. The van der Waals surface area contributed by atoms with Crippen LogP contribution in [0.1, 0.15) is 5.82 Å². The molecule has 4 heterocycles. The highest BCUT2D eigenvalue weighted by Gasteiger charge is 2.17. The summed E-state index contributed by atoms with van der Waals surface area (Å²) in [5, 5.41) is 8.55. The molecule has 0 saturated heterocycles. The Balaban J connectivity index is 1.51. The lowest BCUT2D eigenvalue weighted by Crippen LogP contribution is -1.94. The molecule has 32 heavy (non-hydrogen) atoms. The number of halogens is 1. The predicted molar refractivity (Wildman–Crippen MR) is 121 cm³/mol. The van der Waals surface area contributed by atoms with Crippen molar-refractivity contribution in [2.24, 2.45) is 7.05 Å². The van der Waals surface area contributed by atoms with Crippen molar-refractivity contribution in [2.75, 3.05) is 0 Å². The van der Waals surface area contributed by atoms with Gasteiger partial charge in [-0.05, 0) is 42.8 Å². The molecule has 0 unspecified atom stereocenters. The molecule has 0 bridgehead atoms. The summed E-state index contributed by atoms with van der Waals surface area (Å²) in [5.41, 5.74) is 6.81. The van der Waals surface area contributed by atoms with Crippen LogP contribution in [-0.4, -0.2) is 34.7 Å². The molecule has 0 aliphatic carbocycles. The minimum Gasteiger partial charge on any atom is -0.331 e. The van der Waals surface area contributed by atoms with Gasteiger partial charge in [-0.1, -0.05) is 18.2 Å². The number of rotatable bonds is 3. The molecule has 0 aliphatic rings. The maximum Gasteiger partial charge on any atom is 0.160 e. The van der Waals surface area contributed by atoms with Gasteiger partial charge in [0.15, 0.2) is 11.5 Å². The fraction of sp³-hybridized carbons (Fsp3) is 0.0833. The van der Waals surface area contributed by atoms with Crippen LogP contribution in [-0.2, 0) is 7.05 Å². The molecular formula is C24H18FN7. The van der Waals surface area contributed by atoms with Crippen molar-refractivity contribution in [3.63, 3.8) is 0 Å². The molecule has 2 N–H and O–H groups in total. The highest BCUT2D eigenvalue weighted by Crippen LogP contribution is 2.32. The van der Waals surface area contributed by atoms with Crippen LogP contribution in [0.15, 0.2) is 60.9 Å². The summed E-state index contributed by atoms with van der Waals surface area (Å²) in [6.45, 7) is 1.98. The number of pyridine rings is 1. The Morgan fingerprint density at radius 2 is 1.78 bits per heavy atom. The molecule has 7 nitrogen and oxygen atoms in total. The summed E-state index contributed by atoms with van der Waals surface area (Å²) in [6, 6.07) is 14.4. The van der Waals surface area contributed by atoms with Gasteiger partial charge in [0.1, 0.15) is 22.9 Å². The number of aromatic amines is 2. The summed E-state index contributed by atoms with van der Waals surface area (Å²) >= 11 is 0. The molecule has 0 spiro atoms. The molecule has 4 aromatic heterocycles. The maximum atomic E-state index is 13.4. The van der Waals surface area contributed by atoms with Crippen molar-refractivity contribution >= 4 is 22.1 Å². The Morgan fingerprint density at radius 3 is 2.56 bits per heavy atom. The van der Waals surface area contributed by atoms with E-state index in [-0.39, 0.29) is 5.82 Å². The summed E-state index contributed by atoms with van der Waals surface area (Å²) < 4.78 is 15.4. The Labute approximate surface area is 182 Å². The zero-order valence-corrected chi connectivity index (χ0v) is 17.4. The van der Waals surface area contributed by atoms with Crippen LogP contribution in [0.5, 0.6) is 0 Å². The molecule has 156 valence electrons. The van der Waals surface area contributed by atoms with Crippen molar-refractivity contribution in [3.05, 3.63) is 72.6 Å². The standard InChI is InChI=1S/C24H18FN7/c1-13-27-12-20(32(13)2)15-5-8-19-18(11-15)22(31-30-19)24-28-21-17(9-10-26-23(21)29-24)14-3-6-16(25)7-4-14/h3-12H,1-2H3,(H,30,31)(H,26,28,29). The van der Waals surface area contributed by atoms with Crippen molar-refractivity contribution < 1.29 is 4.39 Å². The first-order chi connectivity index (χ1) is 15.6. The number of fused-ring (bicyclic) bond motifs is 2. The number of imidazole rings is 2. The van der Waals surface area contributed by atoms with Crippen LogP contribution in [0.2, 0.25) is 0 Å². The molecule has 0 fully saturated rings. The normalized spacial score (nSPS) is 11.6. The molecule has 6 aromatic rings. The number of nitrogens with one attached hydrogen (secondary N) is 2. The highest BCUT2D eigenvalue weighted by atomic mass is 19.1. The molecule has 0 radical (unpaired) electrons. The van der Waals surface area contributed by atoms with Gasteiger partial charge < -0.3 is 9.55 Å². The molecule has 8 heteroatoms. The van der Waals surface area contributed by atoms with Gasteiger partial charge in [-0.15, -0.1) is 0 Å². The van der Waals surface area contributed by atoms with E-state index in [1.54, 1.807) is 18.3 Å². The lowest BCUT2D eigenvalue weighted by molar-refractivity contribution is 0.628. The molecule has 0 atom stereocenters. The number of nitrogens with zero attached hydrogens (tertiary/aromatic N) is 5. The fourth-order valence-corrected chi connectivity index (χ4v) is 4.01. The first-order valence-electron chi connectivity index (χ1n) is 10.2. The van der Waals surface area contributed by atoms with Gasteiger partial charge in [0.2, 0.25) is 0 Å². The van der Waals surface area contributed by atoms with E-state index in [2.05, 4.69) is 35.8 Å². The number of hydrogen-bond donors (Lipinski definition) is 2. The zero-order chi connectivity index (χ0) is 21.8. The smallest absolute Gasteiger partial charge is 0.160 e. The highest BCUT2D eigenvalue weighted by molar-refractivity contribution is 5.97. The van der Waals surface area contributed by atoms with Gasteiger partial charge >= 0.3 is 0 Å². The number of hydrogen-bond acceptors (Lipinski definition) is 4. The summed E-state index contributed by atoms with van der Waals surface area (Å²) in [7, 11) is 2.00.